The Balaban J connectivity index is 2.65. The first-order valence-electron chi connectivity index (χ1n) is 4.16. The SMILES string of the molecule is c1cnc2c(c1)ccc1ccsc12. The normalized spacial score (nSPS) is 11.1. The van der Waals surface area contributed by atoms with Crippen molar-refractivity contribution in [2.45, 2.75) is 0 Å². The second-order valence-electron chi connectivity index (χ2n) is 2.98. The molecule has 3 aromatic rings. The Morgan fingerprint density at radius 1 is 1.00 bits per heavy atom. The summed E-state index contributed by atoms with van der Waals surface area (Å²) < 4.78 is 1.29. The van der Waals surface area contributed by atoms with Gasteiger partial charge in [-0.05, 0) is 22.9 Å². The summed E-state index contributed by atoms with van der Waals surface area (Å²) in [5, 5.41) is 4.62. The molecule has 0 saturated carbocycles. The molecule has 0 fully saturated rings. The third kappa shape index (κ3) is 0.956. The van der Waals surface area contributed by atoms with Crippen LogP contribution < -0.4 is 0 Å². The third-order valence-corrected chi connectivity index (χ3v) is 3.13. The van der Waals surface area contributed by atoms with E-state index in [4.69, 9.17) is 0 Å². The highest BCUT2D eigenvalue weighted by atomic mass is 32.1. The fourth-order valence-electron chi connectivity index (χ4n) is 1.56. The van der Waals surface area contributed by atoms with Gasteiger partial charge in [0.15, 0.2) is 0 Å². The fourth-order valence-corrected chi connectivity index (χ4v) is 2.47. The van der Waals surface area contributed by atoms with E-state index < -0.39 is 0 Å². The number of hydrogen-bond acceptors (Lipinski definition) is 2. The summed E-state index contributed by atoms with van der Waals surface area (Å²) in [5.41, 5.74) is 1.12. The minimum absolute atomic E-state index is 1.12. The van der Waals surface area contributed by atoms with Crippen LogP contribution >= 0.6 is 11.3 Å². The number of fused-ring (bicyclic) bond motifs is 3. The Kier molecular flexibility index (Phi) is 1.37. The average molecular weight is 185 g/mol. The van der Waals surface area contributed by atoms with E-state index in [9.17, 15) is 0 Å². The second kappa shape index (κ2) is 2.54. The molecule has 2 heterocycles. The summed E-state index contributed by atoms with van der Waals surface area (Å²) in [5.74, 6) is 0. The van der Waals surface area contributed by atoms with Gasteiger partial charge in [-0.3, -0.25) is 4.98 Å². The number of benzene rings is 1. The zero-order chi connectivity index (χ0) is 8.67. The van der Waals surface area contributed by atoms with Crippen molar-refractivity contribution in [1.82, 2.24) is 4.98 Å². The Morgan fingerprint density at radius 3 is 2.92 bits per heavy atom. The van der Waals surface area contributed by atoms with Crippen LogP contribution in [0.1, 0.15) is 0 Å². The topological polar surface area (TPSA) is 12.9 Å². The molecule has 0 unspecified atom stereocenters. The molecule has 0 radical (unpaired) electrons. The van der Waals surface area contributed by atoms with E-state index in [0.29, 0.717) is 0 Å². The van der Waals surface area contributed by atoms with Crippen LogP contribution in [-0.4, -0.2) is 4.98 Å². The molecule has 0 amide bonds. The molecule has 2 heteroatoms. The van der Waals surface area contributed by atoms with E-state index in [-0.39, 0.29) is 0 Å². The highest BCUT2D eigenvalue weighted by molar-refractivity contribution is 7.18. The molecular formula is C11H7NS. The van der Waals surface area contributed by atoms with Gasteiger partial charge in [0.1, 0.15) is 0 Å². The fraction of sp³-hybridized carbons (Fsp3) is 0. The number of hydrogen-bond donors (Lipinski definition) is 0. The van der Waals surface area contributed by atoms with Gasteiger partial charge in [-0.15, -0.1) is 11.3 Å². The van der Waals surface area contributed by atoms with Gasteiger partial charge in [0.2, 0.25) is 0 Å². The molecule has 0 N–H and O–H groups in total. The number of nitrogens with zero attached hydrogens (tertiary/aromatic N) is 1. The van der Waals surface area contributed by atoms with Crippen molar-refractivity contribution in [3.05, 3.63) is 41.9 Å². The minimum atomic E-state index is 1.12. The van der Waals surface area contributed by atoms with Crippen LogP contribution in [0, 0.1) is 0 Å². The maximum Gasteiger partial charge on any atom is 0.0880 e. The largest absolute Gasteiger partial charge is 0.255 e. The Labute approximate surface area is 79.7 Å². The van der Waals surface area contributed by atoms with E-state index in [0.717, 1.165) is 5.52 Å². The van der Waals surface area contributed by atoms with Crippen LogP contribution in [0.4, 0.5) is 0 Å². The van der Waals surface area contributed by atoms with Crippen molar-refractivity contribution >= 4 is 32.3 Å². The van der Waals surface area contributed by atoms with E-state index >= 15 is 0 Å². The first-order valence-corrected chi connectivity index (χ1v) is 5.04. The van der Waals surface area contributed by atoms with Crippen molar-refractivity contribution in [1.29, 1.82) is 0 Å². The number of pyridine rings is 1. The Morgan fingerprint density at radius 2 is 1.92 bits per heavy atom. The molecule has 1 aromatic carbocycles. The van der Waals surface area contributed by atoms with Crippen molar-refractivity contribution in [3.63, 3.8) is 0 Å². The molecule has 0 aliphatic carbocycles. The maximum absolute atomic E-state index is 4.39. The van der Waals surface area contributed by atoms with Crippen molar-refractivity contribution < 1.29 is 0 Å². The first kappa shape index (κ1) is 7.04. The molecule has 62 valence electrons. The lowest BCUT2D eigenvalue weighted by atomic mass is 10.2. The van der Waals surface area contributed by atoms with E-state index in [1.807, 2.05) is 12.3 Å². The van der Waals surface area contributed by atoms with Crippen molar-refractivity contribution in [3.8, 4) is 0 Å². The molecule has 13 heavy (non-hydrogen) atoms. The second-order valence-corrected chi connectivity index (χ2v) is 3.90. The smallest absolute Gasteiger partial charge is 0.0880 e. The maximum atomic E-state index is 4.39. The average Bonchev–Trinajstić information content (AvgIpc) is 2.65. The summed E-state index contributed by atoms with van der Waals surface area (Å²) in [6, 6.07) is 10.5. The predicted octanol–water partition coefficient (Wildman–Crippen LogP) is 3.45. The lowest BCUT2D eigenvalue weighted by Crippen LogP contribution is -1.75. The van der Waals surface area contributed by atoms with E-state index in [1.165, 1.54) is 15.5 Å². The molecule has 0 aliphatic rings. The first-order chi connectivity index (χ1) is 6.45. The van der Waals surface area contributed by atoms with Gasteiger partial charge in [0, 0.05) is 11.6 Å². The van der Waals surface area contributed by atoms with Crippen molar-refractivity contribution in [2.24, 2.45) is 0 Å². The van der Waals surface area contributed by atoms with Crippen molar-refractivity contribution in [2.75, 3.05) is 0 Å². The van der Waals surface area contributed by atoms with Crippen LogP contribution in [0.25, 0.3) is 21.0 Å². The van der Waals surface area contributed by atoms with Gasteiger partial charge in [-0.25, -0.2) is 0 Å². The summed E-state index contributed by atoms with van der Waals surface area (Å²) in [7, 11) is 0. The van der Waals surface area contributed by atoms with Crippen LogP contribution in [0.5, 0.6) is 0 Å². The van der Waals surface area contributed by atoms with Gasteiger partial charge in [0.05, 0.1) is 10.2 Å². The molecule has 1 nitrogen and oxygen atoms in total. The number of aromatic nitrogens is 1. The molecule has 0 bridgehead atoms. The molecule has 0 spiro atoms. The number of rotatable bonds is 0. The van der Waals surface area contributed by atoms with Gasteiger partial charge in [-0.1, -0.05) is 18.2 Å². The third-order valence-electron chi connectivity index (χ3n) is 2.19. The van der Waals surface area contributed by atoms with Crippen LogP contribution in [-0.2, 0) is 0 Å². The molecule has 0 saturated heterocycles. The Hall–Kier alpha value is -1.41. The van der Waals surface area contributed by atoms with Crippen LogP contribution in [0.3, 0.4) is 0 Å². The predicted molar refractivity (Wildman–Crippen MR) is 57.1 cm³/mol. The highest BCUT2D eigenvalue weighted by Gasteiger charge is 2.00. The quantitative estimate of drug-likeness (QED) is 0.522. The van der Waals surface area contributed by atoms with Gasteiger partial charge in [-0.2, -0.15) is 0 Å². The zero-order valence-corrected chi connectivity index (χ0v) is 7.71. The van der Waals surface area contributed by atoms with Gasteiger partial charge in [0.25, 0.3) is 0 Å². The van der Waals surface area contributed by atoms with E-state index in [1.54, 1.807) is 11.3 Å². The minimum Gasteiger partial charge on any atom is -0.255 e. The highest BCUT2D eigenvalue weighted by Crippen LogP contribution is 2.27. The van der Waals surface area contributed by atoms with Crippen LogP contribution in [0.2, 0.25) is 0 Å². The zero-order valence-electron chi connectivity index (χ0n) is 6.90. The molecular weight excluding hydrogens is 178 g/mol. The molecule has 0 aliphatic heterocycles. The summed E-state index contributed by atoms with van der Waals surface area (Å²) in [6.45, 7) is 0. The molecule has 0 atom stereocenters. The lowest BCUT2D eigenvalue weighted by Gasteiger charge is -1.96. The standard InChI is InChI=1S/C11H7NS/c1-2-8-3-4-9-5-7-13-11(9)10(8)12-6-1/h1-7H. The molecule has 3 rings (SSSR count). The monoisotopic (exact) mass is 185 g/mol. The van der Waals surface area contributed by atoms with E-state index in [2.05, 4.69) is 34.6 Å². The van der Waals surface area contributed by atoms with Crippen LogP contribution in [0.15, 0.2) is 41.9 Å². The molecule has 2 aromatic heterocycles. The Bertz CT molecular complexity index is 568. The summed E-state index contributed by atoms with van der Waals surface area (Å²) in [4.78, 5) is 4.39. The van der Waals surface area contributed by atoms with Gasteiger partial charge >= 0.3 is 0 Å². The summed E-state index contributed by atoms with van der Waals surface area (Å²) in [6.07, 6.45) is 1.85. The number of thiophene rings is 1. The summed E-state index contributed by atoms with van der Waals surface area (Å²) >= 11 is 1.75. The lowest BCUT2D eigenvalue weighted by molar-refractivity contribution is 1.43. The van der Waals surface area contributed by atoms with Gasteiger partial charge < -0.3 is 0 Å².